The van der Waals surface area contributed by atoms with Crippen LogP contribution in [0.2, 0.25) is 0 Å². The van der Waals surface area contributed by atoms with E-state index in [0.29, 0.717) is 6.07 Å². The molecule has 0 saturated heterocycles. The molecule has 0 spiro atoms. The summed E-state index contributed by atoms with van der Waals surface area (Å²) >= 11 is 0. The highest BCUT2D eigenvalue weighted by Gasteiger charge is 2.43. The lowest BCUT2D eigenvalue weighted by Crippen LogP contribution is -2.16. The maximum Gasteiger partial charge on any atom is 0.422 e. The van der Waals surface area contributed by atoms with E-state index in [1.165, 1.54) is 6.07 Å². The number of rotatable bonds is 2. The van der Waals surface area contributed by atoms with Gasteiger partial charge in [-0.2, -0.15) is 13.2 Å². The van der Waals surface area contributed by atoms with Gasteiger partial charge in [-0.15, -0.1) is 0 Å². The highest BCUT2D eigenvalue weighted by atomic mass is 19.4. The summed E-state index contributed by atoms with van der Waals surface area (Å²) in [4.78, 5) is 0. The van der Waals surface area contributed by atoms with Crippen molar-refractivity contribution in [3.63, 3.8) is 0 Å². The molecule has 5 aromatic rings. The molecule has 5 aromatic carbocycles. The first-order valence-electron chi connectivity index (χ1n) is 11.1. The first-order valence-corrected chi connectivity index (χ1v) is 11.1. The largest absolute Gasteiger partial charge is 0.422 e. The van der Waals surface area contributed by atoms with Crippen LogP contribution in [0.5, 0.6) is 0 Å². The van der Waals surface area contributed by atoms with Gasteiger partial charge >= 0.3 is 6.18 Å². The Balaban J connectivity index is 2.14. The van der Waals surface area contributed by atoms with Crippen LogP contribution in [0.4, 0.5) is 52.7 Å². The van der Waals surface area contributed by atoms with Gasteiger partial charge in [0.25, 0.3) is 0 Å². The number of hydrogen-bond acceptors (Lipinski definition) is 0. The Bertz CT molecular complexity index is 1860. The van der Waals surface area contributed by atoms with E-state index in [1.54, 1.807) is 0 Å². The van der Waals surface area contributed by atoms with Crippen LogP contribution in [0.15, 0.2) is 42.5 Å². The van der Waals surface area contributed by atoms with Crippen LogP contribution in [-0.4, -0.2) is 0 Å². The molecular formula is C28H10F12. The fourth-order valence-electron chi connectivity index (χ4n) is 4.77. The molecular weight excluding hydrogens is 564 g/mol. The second-order valence-electron chi connectivity index (χ2n) is 8.74. The Morgan fingerprint density at radius 2 is 1.05 bits per heavy atom. The van der Waals surface area contributed by atoms with Gasteiger partial charge in [0, 0.05) is 39.1 Å². The van der Waals surface area contributed by atoms with Crippen molar-refractivity contribution in [1.29, 1.82) is 0 Å². The molecule has 206 valence electrons. The van der Waals surface area contributed by atoms with Crippen LogP contribution in [0.1, 0.15) is 11.1 Å². The smallest absolute Gasteiger partial charge is 0.207 e. The molecule has 40 heavy (non-hydrogen) atoms. The number of fused-ring (bicyclic) bond motifs is 2. The van der Waals surface area contributed by atoms with Crippen LogP contribution in [0.25, 0.3) is 43.8 Å². The standard InChI is InChI=1S/C28H10F12/c1-9-21(31)17-15(13-7-6-10(29)8-14(13)30)11-4-2-3-5-12(11)16(18(17)23(33)22(9)32)19-24(34)26(36)20(28(38,39)40)27(37)25(19)35/h2-8H,1H3. The molecule has 0 fully saturated rings. The average Bonchev–Trinajstić information content (AvgIpc) is 2.89. The summed E-state index contributed by atoms with van der Waals surface area (Å²) in [5.41, 5.74) is -8.17. The lowest BCUT2D eigenvalue weighted by molar-refractivity contribution is -0.143. The lowest BCUT2D eigenvalue weighted by atomic mass is 9.84. The topological polar surface area (TPSA) is 0 Å². The van der Waals surface area contributed by atoms with Crippen molar-refractivity contribution in [1.82, 2.24) is 0 Å². The minimum absolute atomic E-state index is 0.348. The van der Waals surface area contributed by atoms with Gasteiger partial charge in [0.05, 0.1) is 5.56 Å². The quantitative estimate of drug-likeness (QED) is 0.112. The number of halogens is 12. The fraction of sp³-hybridized carbons (Fsp3) is 0.0714. The van der Waals surface area contributed by atoms with Gasteiger partial charge in [-0.25, -0.2) is 39.5 Å². The molecule has 5 rings (SSSR count). The molecule has 0 atom stereocenters. The summed E-state index contributed by atoms with van der Waals surface area (Å²) in [6.07, 6.45) is -5.90. The Labute approximate surface area is 216 Å². The van der Waals surface area contributed by atoms with Gasteiger partial charge in [-0.05, 0) is 29.8 Å². The van der Waals surface area contributed by atoms with Gasteiger partial charge < -0.3 is 0 Å². The van der Waals surface area contributed by atoms with Crippen molar-refractivity contribution in [2.75, 3.05) is 0 Å². The SMILES string of the molecule is Cc1c(F)c(F)c2c(-c3c(F)c(F)c(C(F)(F)F)c(F)c3F)c3ccccc3c(-c3ccc(F)cc3F)c2c1F. The van der Waals surface area contributed by atoms with Crippen LogP contribution in [0.3, 0.4) is 0 Å². The Hall–Kier alpha value is -4.22. The Morgan fingerprint density at radius 3 is 1.57 bits per heavy atom. The molecule has 0 unspecified atom stereocenters. The van der Waals surface area contributed by atoms with Gasteiger partial charge in [-0.3, -0.25) is 0 Å². The number of alkyl halides is 3. The van der Waals surface area contributed by atoms with E-state index in [2.05, 4.69) is 0 Å². The van der Waals surface area contributed by atoms with E-state index in [0.717, 1.165) is 37.3 Å². The van der Waals surface area contributed by atoms with Crippen LogP contribution in [-0.2, 0) is 6.18 Å². The summed E-state index contributed by atoms with van der Waals surface area (Å²) in [7, 11) is 0. The van der Waals surface area contributed by atoms with Crippen molar-refractivity contribution >= 4 is 21.5 Å². The Morgan fingerprint density at radius 1 is 0.525 bits per heavy atom. The van der Waals surface area contributed by atoms with E-state index < -0.39 is 108 Å². The minimum Gasteiger partial charge on any atom is -0.207 e. The van der Waals surface area contributed by atoms with Gasteiger partial charge in [0.15, 0.2) is 34.9 Å². The minimum atomic E-state index is -5.90. The first kappa shape index (κ1) is 27.4. The van der Waals surface area contributed by atoms with Crippen molar-refractivity contribution in [2.45, 2.75) is 13.1 Å². The zero-order valence-electron chi connectivity index (χ0n) is 19.6. The van der Waals surface area contributed by atoms with E-state index in [4.69, 9.17) is 0 Å². The predicted octanol–water partition coefficient (Wildman–Crippen LogP) is 9.91. The molecule has 0 aliphatic carbocycles. The highest BCUT2D eigenvalue weighted by Crippen LogP contribution is 2.49. The molecule has 0 heterocycles. The van der Waals surface area contributed by atoms with Crippen LogP contribution < -0.4 is 0 Å². The summed E-state index contributed by atoms with van der Waals surface area (Å²) in [6, 6.07) is 6.39. The molecule has 0 radical (unpaired) electrons. The van der Waals surface area contributed by atoms with E-state index in [9.17, 15) is 35.1 Å². The first-order chi connectivity index (χ1) is 18.7. The summed E-state index contributed by atoms with van der Waals surface area (Å²) in [6.45, 7) is 0.769. The second-order valence-corrected chi connectivity index (χ2v) is 8.74. The summed E-state index contributed by atoms with van der Waals surface area (Å²) in [5, 5.41) is -3.31. The third-order valence-electron chi connectivity index (χ3n) is 6.50. The predicted molar refractivity (Wildman–Crippen MR) is 122 cm³/mol. The second kappa shape index (κ2) is 9.17. The molecule has 0 amide bonds. The molecule has 0 nitrogen and oxygen atoms in total. The van der Waals surface area contributed by atoms with Crippen LogP contribution >= 0.6 is 0 Å². The van der Waals surface area contributed by atoms with Crippen molar-refractivity contribution < 1.29 is 52.7 Å². The average molecular weight is 574 g/mol. The van der Waals surface area contributed by atoms with Crippen molar-refractivity contribution in [3.8, 4) is 22.3 Å². The molecule has 0 saturated carbocycles. The molecule has 0 aliphatic rings. The van der Waals surface area contributed by atoms with Crippen molar-refractivity contribution in [3.05, 3.63) is 106 Å². The third kappa shape index (κ3) is 3.80. The maximum absolute atomic E-state index is 15.7. The highest BCUT2D eigenvalue weighted by molar-refractivity contribution is 6.22. The van der Waals surface area contributed by atoms with E-state index in [-0.39, 0.29) is 5.39 Å². The zero-order valence-corrected chi connectivity index (χ0v) is 19.6. The Kier molecular flexibility index (Phi) is 6.27. The third-order valence-corrected chi connectivity index (χ3v) is 6.50. The van der Waals surface area contributed by atoms with Gasteiger partial charge in [0.2, 0.25) is 0 Å². The van der Waals surface area contributed by atoms with Gasteiger partial charge in [0.1, 0.15) is 23.0 Å². The molecule has 0 N–H and O–H groups in total. The summed E-state index contributed by atoms with van der Waals surface area (Å²) < 4.78 is 174. The maximum atomic E-state index is 15.7. The fourth-order valence-corrected chi connectivity index (χ4v) is 4.77. The van der Waals surface area contributed by atoms with Crippen LogP contribution in [0, 0.1) is 59.3 Å². The normalized spacial score (nSPS) is 12.1. The molecule has 0 bridgehead atoms. The van der Waals surface area contributed by atoms with E-state index in [1.807, 2.05) is 0 Å². The van der Waals surface area contributed by atoms with Crippen molar-refractivity contribution in [2.24, 2.45) is 0 Å². The lowest BCUT2D eigenvalue weighted by Gasteiger charge is -2.21. The zero-order chi connectivity index (χ0) is 29.4. The number of hydrogen-bond donors (Lipinski definition) is 0. The molecule has 0 aliphatic heterocycles. The summed E-state index contributed by atoms with van der Waals surface area (Å²) in [5.74, 6) is -18.9. The monoisotopic (exact) mass is 574 g/mol. The molecule has 12 heteroatoms. The molecule has 0 aromatic heterocycles. The van der Waals surface area contributed by atoms with E-state index >= 15 is 17.6 Å². The number of benzene rings is 5. The van der Waals surface area contributed by atoms with Gasteiger partial charge in [-0.1, -0.05) is 24.3 Å².